The van der Waals surface area contributed by atoms with Crippen molar-refractivity contribution < 1.29 is 9.59 Å². The Morgan fingerprint density at radius 3 is 0.882 bits per heavy atom. The first-order chi connectivity index (χ1) is 16.6. The minimum Gasteiger partial charge on any atom is -0.343 e. The second-order valence-corrected chi connectivity index (χ2v) is 10.2. The smallest absolute Gasteiger partial charge is 0.222 e. The predicted octanol–water partition coefficient (Wildman–Crippen LogP) is 8.53. The molecule has 0 aromatic heterocycles. The summed E-state index contributed by atoms with van der Waals surface area (Å²) in [6, 6.07) is 0. The average molecular weight is 481 g/mol. The van der Waals surface area contributed by atoms with Crippen LogP contribution < -0.4 is 0 Å². The quantitative estimate of drug-likeness (QED) is 0.123. The molecular weight excluding hydrogens is 420 g/mol. The number of rotatable bonds is 25. The van der Waals surface area contributed by atoms with Crippen molar-refractivity contribution in [3.8, 4) is 0 Å². The maximum absolute atomic E-state index is 12.9. The van der Waals surface area contributed by atoms with Crippen molar-refractivity contribution in [2.75, 3.05) is 26.2 Å². The molecule has 0 saturated heterocycles. The van der Waals surface area contributed by atoms with E-state index < -0.39 is 0 Å². The molecule has 0 heterocycles. The lowest BCUT2D eigenvalue weighted by atomic mass is 10.1. The van der Waals surface area contributed by atoms with Gasteiger partial charge in [-0.15, -0.1) is 0 Å². The fraction of sp³-hybridized carbons (Fsp3) is 0.933. The Kier molecular flexibility index (Phi) is 24.3. The second-order valence-electron chi connectivity index (χ2n) is 10.2. The van der Waals surface area contributed by atoms with Crippen molar-refractivity contribution in [1.82, 2.24) is 9.80 Å². The Morgan fingerprint density at radius 2 is 0.647 bits per heavy atom. The van der Waals surface area contributed by atoms with Gasteiger partial charge in [-0.05, 0) is 38.5 Å². The second kappa shape index (κ2) is 25.0. The van der Waals surface area contributed by atoms with Gasteiger partial charge in [-0.2, -0.15) is 0 Å². The van der Waals surface area contributed by atoms with E-state index in [4.69, 9.17) is 0 Å². The monoisotopic (exact) mass is 480 g/mol. The molecule has 0 saturated carbocycles. The van der Waals surface area contributed by atoms with Gasteiger partial charge in [0, 0.05) is 39.0 Å². The van der Waals surface area contributed by atoms with Crippen LogP contribution in [0.15, 0.2) is 0 Å². The molecule has 0 aliphatic carbocycles. The van der Waals surface area contributed by atoms with Crippen molar-refractivity contribution in [3.63, 3.8) is 0 Å². The van der Waals surface area contributed by atoms with E-state index in [2.05, 4.69) is 37.5 Å². The number of carbonyl (C=O) groups is 2. The van der Waals surface area contributed by atoms with E-state index in [9.17, 15) is 9.59 Å². The van der Waals surface area contributed by atoms with E-state index in [0.717, 1.165) is 64.7 Å². The lowest BCUT2D eigenvalue weighted by Crippen LogP contribution is -2.33. The third-order valence-corrected chi connectivity index (χ3v) is 6.86. The number of unbranched alkanes of at least 4 members (excludes halogenated alkanes) is 13. The maximum Gasteiger partial charge on any atom is 0.222 e. The van der Waals surface area contributed by atoms with Crippen molar-refractivity contribution >= 4 is 11.8 Å². The summed E-state index contributed by atoms with van der Waals surface area (Å²) in [5.74, 6) is 0.605. The molecule has 202 valence electrons. The number of hydrogen-bond donors (Lipinski definition) is 0. The normalized spacial score (nSPS) is 11.1. The van der Waals surface area contributed by atoms with Crippen LogP contribution in [0.2, 0.25) is 0 Å². The van der Waals surface area contributed by atoms with Crippen LogP contribution in [0.4, 0.5) is 0 Å². The van der Waals surface area contributed by atoms with Gasteiger partial charge in [0.2, 0.25) is 11.8 Å². The van der Waals surface area contributed by atoms with Crippen molar-refractivity contribution in [3.05, 3.63) is 0 Å². The molecule has 0 aromatic carbocycles. The summed E-state index contributed by atoms with van der Waals surface area (Å²) < 4.78 is 0. The lowest BCUT2D eigenvalue weighted by molar-refractivity contribution is -0.133. The molecule has 0 unspecified atom stereocenters. The van der Waals surface area contributed by atoms with Crippen LogP contribution in [0.1, 0.15) is 156 Å². The first-order valence-corrected chi connectivity index (χ1v) is 15.2. The molecule has 2 amide bonds. The Labute approximate surface area is 213 Å². The highest BCUT2D eigenvalue weighted by Crippen LogP contribution is 2.12. The van der Waals surface area contributed by atoms with Crippen LogP contribution in [-0.4, -0.2) is 47.8 Å². The summed E-state index contributed by atoms with van der Waals surface area (Å²) in [7, 11) is 0. The van der Waals surface area contributed by atoms with Crippen molar-refractivity contribution in [1.29, 1.82) is 0 Å². The number of nitrogens with zero attached hydrogens (tertiary/aromatic N) is 2. The Hall–Kier alpha value is -1.06. The number of amides is 2. The standard InChI is InChI=1S/C30H60N2O2/c1-5-9-13-19-25-31(26-20-14-10-6-2)29(33)23-17-18-24-30(34)32(27-21-15-11-7-3)28-22-16-12-8-4/h5-28H2,1-4H3. The van der Waals surface area contributed by atoms with E-state index in [1.807, 2.05) is 0 Å². The molecule has 34 heavy (non-hydrogen) atoms. The summed E-state index contributed by atoms with van der Waals surface area (Å²) in [6.07, 6.45) is 22.2. The van der Waals surface area contributed by atoms with Crippen LogP contribution in [0.3, 0.4) is 0 Å². The third kappa shape index (κ3) is 19.3. The highest BCUT2D eigenvalue weighted by atomic mass is 16.2. The molecule has 0 spiro atoms. The van der Waals surface area contributed by atoms with Gasteiger partial charge < -0.3 is 9.80 Å². The van der Waals surface area contributed by atoms with Crippen molar-refractivity contribution in [2.45, 2.75) is 156 Å². The minimum atomic E-state index is 0.302. The molecule has 0 rings (SSSR count). The fourth-order valence-corrected chi connectivity index (χ4v) is 4.51. The van der Waals surface area contributed by atoms with Gasteiger partial charge in [0.15, 0.2) is 0 Å². The van der Waals surface area contributed by atoms with Crippen LogP contribution in [0.25, 0.3) is 0 Å². The fourth-order valence-electron chi connectivity index (χ4n) is 4.51. The molecule has 0 bridgehead atoms. The van der Waals surface area contributed by atoms with Crippen molar-refractivity contribution in [2.24, 2.45) is 0 Å². The zero-order valence-corrected chi connectivity index (χ0v) is 23.7. The van der Waals surface area contributed by atoms with E-state index in [0.29, 0.717) is 24.7 Å². The van der Waals surface area contributed by atoms with Crippen LogP contribution >= 0.6 is 0 Å². The molecule has 0 radical (unpaired) electrons. The summed E-state index contributed by atoms with van der Waals surface area (Å²) in [5, 5.41) is 0. The SMILES string of the molecule is CCCCCCN(CCCCCC)C(=O)CCCCC(=O)N(CCCCCC)CCCCCC. The molecule has 0 fully saturated rings. The maximum atomic E-state index is 12.9. The summed E-state index contributed by atoms with van der Waals surface area (Å²) in [5.41, 5.74) is 0. The summed E-state index contributed by atoms with van der Waals surface area (Å²) >= 11 is 0. The molecule has 0 aromatic rings. The molecule has 0 N–H and O–H groups in total. The van der Waals surface area contributed by atoms with E-state index in [1.54, 1.807) is 0 Å². The van der Waals surface area contributed by atoms with Crippen LogP contribution in [0, 0.1) is 0 Å². The Morgan fingerprint density at radius 1 is 0.382 bits per heavy atom. The molecule has 0 atom stereocenters. The molecule has 4 nitrogen and oxygen atoms in total. The van der Waals surface area contributed by atoms with E-state index in [1.165, 1.54) is 77.0 Å². The van der Waals surface area contributed by atoms with Crippen LogP contribution in [-0.2, 0) is 9.59 Å². The van der Waals surface area contributed by atoms with Gasteiger partial charge in [-0.25, -0.2) is 0 Å². The van der Waals surface area contributed by atoms with Gasteiger partial charge in [-0.3, -0.25) is 9.59 Å². The zero-order chi connectivity index (χ0) is 25.3. The molecule has 0 aliphatic rings. The minimum absolute atomic E-state index is 0.302. The molecule has 0 aliphatic heterocycles. The van der Waals surface area contributed by atoms with Gasteiger partial charge >= 0.3 is 0 Å². The topological polar surface area (TPSA) is 40.6 Å². The highest BCUT2D eigenvalue weighted by Gasteiger charge is 2.15. The zero-order valence-electron chi connectivity index (χ0n) is 23.7. The predicted molar refractivity (Wildman–Crippen MR) is 148 cm³/mol. The first-order valence-electron chi connectivity index (χ1n) is 15.2. The average Bonchev–Trinajstić information content (AvgIpc) is 2.84. The van der Waals surface area contributed by atoms with E-state index >= 15 is 0 Å². The van der Waals surface area contributed by atoms with Gasteiger partial charge in [0.05, 0.1) is 0 Å². The van der Waals surface area contributed by atoms with Gasteiger partial charge in [0.1, 0.15) is 0 Å². The molecular formula is C30H60N2O2. The largest absolute Gasteiger partial charge is 0.343 e. The van der Waals surface area contributed by atoms with Crippen LogP contribution in [0.5, 0.6) is 0 Å². The van der Waals surface area contributed by atoms with Gasteiger partial charge in [-0.1, -0.05) is 105 Å². The lowest BCUT2D eigenvalue weighted by Gasteiger charge is -2.24. The Bertz CT molecular complexity index is 401. The number of carbonyl (C=O) groups excluding carboxylic acids is 2. The first kappa shape index (κ1) is 32.9. The highest BCUT2D eigenvalue weighted by molar-refractivity contribution is 5.77. The Balaban J connectivity index is 4.43. The summed E-state index contributed by atoms with van der Waals surface area (Å²) in [6.45, 7) is 12.6. The number of hydrogen-bond acceptors (Lipinski definition) is 2. The van der Waals surface area contributed by atoms with E-state index in [-0.39, 0.29) is 0 Å². The third-order valence-electron chi connectivity index (χ3n) is 6.86. The molecule has 4 heteroatoms. The van der Waals surface area contributed by atoms with Gasteiger partial charge in [0.25, 0.3) is 0 Å². The summed E-state index contributed by atoms with van der Waals surface area (Å²) in [4.78, 5) is 30.0.